The number of aryl methyl sites for hydroxylation is 2. The van der Waals surface area contributed by atoms with Crippen LogP contribution in [0.4, 0.5) is 0 Å². The lowest BCUT2D eigenvalue weighted by atomic mass is 10.2. The van der Waals surface area contributed by atoms with Crippen LogP contribution in [-0.4, -0.2) is 14.7 Å². The molecule has 8 heteroatoms. The highest BCUT2D eigenvalue weighted by molar-refractivity contribution is 7.98. The molecule has 0 aliphatic rings. The van der Waals surface area contributed by atoms with Crippen molar-refractivity contribution in [3.05, 3.63) is 68.1 Å². The maximum Gasteiger partial charge on any atom is 0.267 e. The molecule has 3 aromatic heterocycles. The number of halogens is 1. The summed E-state index contributed by atoms with van der Waals surface area (Å²) in [4.78, 5) is 19.9. The van der Waals surface area contributed by atoms with Crippen molar-refractivity contribution in [1.29, 1.82) is 0 Å². The first-order valence-corrected chi connectivity index (χ1v) is 10.0. The molecule has 5 nitrogen and oxygen atoms in total. The summed E-state index contributed by atoms with van der Waals surface area (Å²) < 4.78 is 6.79. The summed E-state index contributed by atoms with van der Waals surface area (Å²) in [6, 6.07) is 8.98. The van der Waals surface area contributed by atoms with E-state index in [0.717, 1.165) is 26.7 Å². The van der Waals surface area contributed by atoms with Crippen LogP contribution in [0.15, 0.2) is 51.0 Å². The average Bonchev–Trinajstić information content (AvgIpc) is 3.23. The molecule has 4 aromatic rings. The second kappa shape index (κ2) is 6.90. The summed E-state index contributed by atoms with van der Waals surface area (Å²) in [7, 11) is 0. The molecule has 0 atom stereocenters. The summed E-state index contributed by atoms with van der Waals surface area (Å²) in [5, 5.41) is 5.62. The van der Waals surface area contributed by atoms with Crippen molar-refractivity contribution in [3.8, 4) is 5.69 Å². The Kier molecular flexibility index (Phi) is 4.60. The van der Waals surface area contributed by atoms with Crippen LogP contribution < -0.4 is 5.56 Å². The van der Waals surface area contributed by atoms with Crippen molar-refractivity contribution in [3.63, 3.8) is 0 Å². The fourth-order valence-corrected chi connectivity index (χ4v) is 4.74. The van der Waals surface area contributed by atoms with Crippen molar-refractivity contribution < 1.29 is 4.52 Å². The first kappa shape index (κ1) is 17.3. The maximum atomic E-state index is 13.3. The Bertz CT molecular complexity index is 1130. The van der Waals surface area contributed by atoms with Crippen molar-refractivity contribution in [2.45, 2.75) is 24.8 Å². The van der Waals surface area contributed by atoms with E-state index in [1.165, 1.54) is 11.8 Å². The van der Waals surface area contributed by atoms with E-state index in [4.69, 9.17) is 21.1 Å². The van der Waals surface area contributed by atoms with E-state index in [1.54, 1.807) is 40.3 Å². The number of hydrogen-bond acceptors (Lipinski definition) is 6. The molecular formula is C18H14ClN3O2S2. The molecule has 0 aliphatic heterocycles. The van der Waals surface area contributed by atoms with Crippen LogP contribution in [0.3, 0.4) is 0 Å². The fraction of sp³-hybridized carbons (Fsp3) is 0.167. The SMILES string of the molecule is Cc1sc2nc(SCc3ccno3)n(-c3ccc(Cl)cc3)c(=O)c2c1C. The molecule has 0 bridgehead atoms. The Balaban J connectivity index is 1.91. The highest BCUT2D eigenvalue weighted by Gasteiger charge is 2.18. The van der Waals surface area contributed by atoms with Gasteiger partial charge in [-0.15, -0.1) is 11.3 Å². The topological polar surface area (TPSA) is 60.9 Å². The number of aromatic nitrogens is 3. The summed E-state index contributed by atoms with van der Waals surface area (Å²) in [6.45, 7) is 3.97. The predicted molar refractivity (Wildman–Crippen MR) is 106 cm³/mol. The molecule has 0 fully saturated rings. The molecule has 0 spiro atoms. The zero-order valence-corrected chi connectivity index (χ0v) is 16.4. The van der Waals surface area contributed by atoms with Crippen LogP contribution in [0.5, 0.6) is 0 Å². The van der Waals surface area contributed by atoms with Gasteiger partial charge in [0.05, 0.1) is 23.0 Å². The largest absolute Gasteiger partial charge is 0.361 e. The molecule has 0 radical (unpaired) electrons. The normalized spacial score (nSPS) is 11.3. The lowest BCUT2D eigenvalue weighted by Gasteiger charge is -2.12. The van der Waals surface area contributed by atoms with Crippen LogP contribution >= 0.6 is 34.7 Å². The van der Waals surface area contributed by atoms with Crippen LogP contribution in [0.2, 0.25) is 5.02 Å². The molecule has 0 N–H and O–H groups in total. The van der Waals surface area contributed by atoms with Crippen LogP contribution in [0.25, 0.3) is 15.9 Å². The second-order valence-corrected chi connectivity index (χ2v) is 8.32. The minimum Gasteiger partial charge on any atom is -0.361 e. The third-order valence-corrected chi connectivity index (χ3v) is 6.41. The first-order chi connectivity index (χ1) is 12.5. The molecular weight excluding hydrogens is 390 g/mol. The maximum absolute atomic E-state index is 13.3. The Morgan fingerprint density at radius 2 is 2.00 bits per heavy atom. The standard InChI is InChI=1S/C18H14ClN3O2S2/c1-10-11(2)26-16-15(10)17(23)22(13-5-3-12(19)4-6-13)18(21-16)25-9-14-7-8-20-24-14/h3-8H,9H2,1-2H3. The molecule has 0 saturated heterocycles. The van der Waals surface area contributed by atoms with Gasteiger partial charge in [-0.05, 0) is 43.7 Å². The Hall–Kier alpha value is -2.09. The molecule has 1 aromatic carbocycles. The van der Waals surface area contributed by atoms with E-state index >= 15 is 0 Å². The summed E-state index contributed by atoms with van der Waals surface area (Å²) in [5.41, 5.74) is 1.65. The van der Waals surface area contributed by atoms with Crippen LogP contribution in [0.1, 0.15) is 16.2 Å². The van der Waals surface area contributed by atoms with Gasteiger partial charge >= 0.3 is 0 Å². The van der Waals surface area contributed by atoms with Gasteiger partial charge in [0.1, 0.15) is 10.6 Å². The number of hydrogen-bond donors (Lipinski definition) is 0. The zero-order chi connectivity index (χ0) is 18.3. The smallest absolute Gasteiger partial charge is 0.267 e. The molecule has 0 aliphatic carbocycles. The van der Waals surface area contributed by atoms with Gasteiger partial charge in [0, 0.05) is 16.0 Å². The van der Waals surface area contributed by atoms with Gasteiger partial charge in [-0.1, -0.05) is 28.5 Å². The molecule has 3 heterocycles. The number of benzene rings is 1. The van der Waals surface area contributed by atoms with Gasteiger partial charge in [-0.2, -0.15) is 0 Å². The van der Waals surface area contributed by atoms with Gasteiger partial charge in [0.15, 0.2) is 5.16 Å². The summed E-state index contributed by atoms with van der Waals surface area (Å²) in [6.07, 6.45) is 1.60. The lowest BCUT2D eigenvalue weighted by molar-refractivity contribution is 0.395. The van der Waals surface area contributed by atoms with E-state index in [0.29, 0.717) is 21.3 Å². The van der Waals surface area contributed by atoms with Crippen molar-refractivity contribution in [2.24, 2.45) is 0 Å². The fourth-order valence-electron chi connectivity index (χ4n) is 2.64. The summed E-state index contributed by atoms with van der Waals surface area (Å²) in [5.74, 6) is 1.26. The van der Waals surface area contributed by atoms with Gasteiger partial charge in [-0.3, -0.25) is 9.36 Å². The second-order valence-electron chi connectivity index (χ2n) is 5.74. The Morgan fingerprint density at radius 1 is 1.23 bits per heavy atom. The third-order valence-electron chi connectivity index (χ3n) is 4.09. The van der Waals surface area contributed by atoms with Gasteiger partial charge in [0.25, 0.3) is 5.56 Å². The quantitative estimate of drug-likeness (QED) is 0.354. The van der Waals surface area contributed by atoms with E-state index in [9.17, 15) is 4.79 Å². The lowest BCUT2D eigenvalue weighted by Crippen LogP contribution is -2.21. The van der Waals surface area contributed by atoms with Crippen molar-refractivity contribution in [2.75, 3.05) is 0 Å². The Labute approximate surface area is 162 Å². The van der Waals surface area contributed by atoms with E-state index < -0.39 is 0 Å². The van der Waals surface area contributed by atoms with E-state index in [2.05, 4.69) is 5.16 Å². The minimum atomic E-state index is -0.0701. The third kappa shape index (κ3) is 3.06. The van der Waals surface area contributed by atoms with Crippen molar-refractivity contribution in [1.82, 2.24) is 14.7 Å². The van der Waals surface area contributed by atoms with E-state index in [1.807, 2.05) is 26.0 Å². The molecule has 4 rings (SSSR count). The summed E-state index contributed by atoms with van der Waals surface area (Å²) >= 11 is 8.99. The monoisotopic (exact) mass is 403 g/mol. The number of fused-ring (bicyclic) bond motifs is 1. The number of thiophene rings is 1. The van der Waals surface area contributed by atoms with Crippen molar-refractivity contribution >= 4 is 44.9 Å². The number of rotatable bonds is 4. The van der Waals surface area contributed by atoms with Crippen LogP contribution in [0, 0.1) is 13.8 Å². The molecule has 26 heavy (non-hydrogen) atoms. The average molecular weight is 404 g/mol. The predicted octanol–water partition coefficient (Wildman–Crippen LogP) is 5.00. The molecule has 132 valence electrons. The first-order valence-electron chi connectivity index (χ1n) is 7.85. The van der Waals surface area contributed by atoms with Gasteiger partial charge in [-0.25, -0.2) is 4.98 Å². The van der Waals surface area contributed by atoms with E-state index in [-0.39, 0.29) is 5.56 Å². The number of nitrogens with zero attached hydrogens (tertiary/aromatic N) is 3. The molecule has 0 amide bonds. The molecule has 0 unspecified atom stereocenters. The van der Waals surface area contributed by atoms with Crippen LogP contribution in [-0.2, 0) is 5.75 Å². The highest BCUT2D eigenvalue weighted by atomic mass is 35.5. The number of thioether (sulfide) groups is 1. The zero-order valence-electron chi connectivity index (χ0n) is 14.0. The minimum absolute atomic E-state index is 0.0701. The van der Waals surface area contributed by atoms with Gasteiger partial charge in [0.2, 0.25) is 0 Å². The Morgan fingerprint density at radius 3 is 2.69 bits per heavy atom. The van der Waals surface area contributed by atoms with Gasteiger partial charge < -0.3 is 4.52 Å². The highest BCUT2D eigenvalue weighted by Crippen LogP contribution is 2.30. The molecule has 0 saturated carbocycles.